The van der Waals surface area contributed by atoms with E-state index in [9.17, 15) is 14.7 Å². The number of carbonyl (C=O) groups is 2. The van der Waals surface area contributed by atoms with Gasteiger partial charge in [0.2, 0.25) is 0 Å². The van der Waals surface area contributed by atoms with Crippen LogP contribution in [0.2, 0.25) is 0 Å². The third-order valence-electron chi connectivity index (χ3n) is 5.32. The van der Waals surface area contributed by atoms with E-state index in [4.69, 9.17) is 0 Å². The average Bonchev–Trinajstić information content (AvgIpc) is 3.25. The highest BCUT2D eigenvalue weighted by atomic mass is 16.4. The zero-order valence-electron chi connectivity index (χ0n) is 12.6. The molecule has 1 aliphatic carbocycles. The first kappa shape index (κ1) is 15.1. The molecular formula is C15H26N2O3. The van der Waals surface area contributed by atoms with Gasteiger partial charge in [0.15, 0.2) is 0 Å². The molecule has 1 heterocycles. The number of carboxylic acid groups (broad SMARTS) is 1. The molecule has 2 rings (SSSR count). The van der Waals surface area contributed by atoms with Crippen LogP contribution in [-0.4, -0.2) is 41.6 Å². The summed E-state index contributed by atoms with van der Waals surface area (Å²) in [5, 5.41) is 12.4. The Balaban J connectivity index is 1.91. The third kappa shape index (κ3) is 2.91. The van der Waals surface area contributed by atoms with Crippen LogP contribution < -0.4 is 5.32 Å². The van der Waals surface area contributed by atoms with Gasteiger partial charge in [-0.05, 0) is 43.9 Å². The van der Waals surface area contributed by atoms with E-state index in [0.717, 1.165) is 19.4 Å². The topological polar surface area (TPSA) is 69.6 Å². The Morgan fingerprint density at radius 2 is 1.90 bits per heavy atom. The molecule has 0 spiro atoms. The first-order chi connectivity index (χ1) is 9.47. The summed E-state index contributed by atoms with van der Waals surface area (Å²) in [6, 6.07) is -0.0940. The molecule has 1 atom stereocenters. The lowest BCUT2D eigenvalue weighted by Gasteiger charge is -2.39. The Bertz CT molecular complexity index is 393. The second kappa shape index (κ2) is 5.62. The van der Waals surface area contributed by atoms with E-state index in [0.29, 0.717) is 31.3 Å². The van der Waals surface area contributed by atoms with Gasteiger partial charge in [-0.1, -0.05) is 13.8 Å². The van der Waals surface area contributed by atoms with Crippen LogP contribution in [0.15, 0.2) is 0 Å². The Hall–Kier alpha value is -1.26. The number of rotatable bonds is 5. The average molecular weight is 282 g/mol. The largest absolute Gasteiger partial charge is 0.481 e. The number of amides is 2. The lowest BCUT2D eigenvalue weighted by atomic mass is 9.78. The zero-order valence-corrected chi connectivity index (χ0v) is 12.6. The minimum absolute atomic E-state index is 0.0940. The van der Waals surface area contributed by atoms with Crippen molar-refractivity contribution in [1.82, 2.24) is 10.2 Å². The van der Waals surface area contributed by atoms with Crippen molar-refractivity contribution in [3.63, 3.8) is 0 Å². The van der Waals surface area contributed by atoms with E-state index in [-0.39, 0.29) is 6.03 Å². The molecule has 2 amide bonds. The van der Waals surface area contributed by atoms with Crippen molar-refractivity contribution in [3.8, 4) is 0 Å². The van der Waals surface area contributed by atoms with Crippen LogP contribution in [0.1, 0.15) is 52.4 Å². The van der Waals surface area contributed by atoms with E-state index < -0.39 is 11.4 Å². The van der Waals surface area contributed by atoms with Gasteiger partial charge >= 0.3 is 12.0 Å². The van der Waals surface area contributed by atoms with Crippen LogP contribution in [0.4, 0.5) is 4.79 Å². The second-order valence-electron chi connectivity index (χ2n) is 6.48. The molecule has 1 unspecified atom stereocenters. The lowest BCUT2D eigenvalue weighted by molar-refractivity contribution is -0.152. The maximum atomic E-state index is 12.2. The summed E-state index contributed by atoms with van der Waals surface area (Å²) >= 11 is 0. The molecule has 20 heavy (non-hydrogen) atoms. The predicted molar refractivity (Wildman–Crippen MR) is 76.5 cm³/mol. The lowest BCUT2D eigenvalue weighted by Crippen LogP contribution is -2.53. The molecule has 1 aliphatic heterocycles. The summed E-state index contributed by atoms with van der Waals surface area (Å²) in [7, 11) is 0. The fraction of sp³-hybridized carbons (Fsp3) is 0.867. The third-order valence-corrected chi connectivity index (χ3v) is 5.32. The quantitative estimate of drug-likeness (QED) is 0.814. The van der Waals surface area contributed by atoms with Crippen LogP contribution in [0.3, 0.4) is 0 Å². The molecule has 0 aromatic heterocycles. The molecule has 0 radical (unpaired) electrons. The maximum Gasteiger partial charge on any atom is 0.317 e. The molecule has 2 fully saturated rings. The van der Waals surface area contributed by atoms with Crippen LogP contribution in [-0.2, 0) is 4.79 Å². The van der Waals surface area contributed by atoms with E-state index >= 15 is 0 Å². The van der Waals surface area contributed by atoms with E-state index in [2.05, 4.69) is 12.2 Å². The van der Waals surface area contributed by atoms with Gasteiger partial charge in [-0.25, -0.2) is 4.79 Å². The molecular weight excluding hydrogens is 256 g/mol. The first-order valence-electron chi connectivity index (χ1n) is 7.73. The summed E-state index contributed by atoms with van der Waals surface area (Å²) in [6.07, 6.45) is 5.50. The summed E-state index contributed by atoms with van der Waals surface area (Å²) in [4.78, 5) is 25.4. The number of urea groups is 1. The predicted octanol–water partition coefficient (Wildman–Crippen LogP) is 2.46. The number of nitrogens with one attached hydrogen (secondary N) is 1. The van der Waals surface area contributed by atoms with E-state index in [1.54, 1.807) is 4.90 Å². The minimum atomic E-state index is -0.773. The van der Waals surface area contributed by atoms with Crippen LogP contribution in [0.25, 0.3) is 0 Å². The Kier molecular flexibility index (Phi) is 4.25. The summed E-state index contributed by atoms with van der Waals surface area (Å²) in [5.74, 6) is -0.773. The Morgan fingerprint density at radius 1 is 1.20 bits per heavy atom. The monoisotopic (exact) mass is 282 g/mol. The SMILES string of the molecule is CCC1(CNC(=O)N2CCCC(CC)(C(=O)O)C2)CC1. The highest BCUT2D eigenvalue weighted by Gasteiger charge is 2.44. The van der Waals surface area contributed by atoms with E-state index in [1.807, 2.05) is 6.92 Å². The summed E-state index contributed by atoms with van der Waals surface area (Å²) < 4.78 is 0. The molecule has 0 aromatic carbocycles. The second-order valence-corrected chi connectivity index (χ2v) is 6.48. The molecule has 5 nitrogen and oxygen atoms in total. The van der Waals surface area contributed by atoms with Crippen LogP contribution in [0, 0.1) is 10.8 Å². The molecule has 2 aliphatic rings. The standard InChI is InChI=1S/C15H26N2O3/c1-3-14(7-8-14)10-16-13(20)17-9-5-6-15(4-2,11-17)12(18)19/h3-11H2,1-2H3,(H,16,20)(H,18,19). The first-order valence-corrected chi connectivity index (χ1v) is 7.73. The maximum absolute atomic E-state index is 12.2. The van der Waals surface area contributed by atoms with Crippen molar-refractivity contribution >= 4 is 12.0 Å². The molecule has 5 heteroatoms. The number of carboxylic acids is 1. The fourth-order valence-corrected chi connectivity index (χ4v) is 3.13. The van der Waals surface area contributed by atoms with E-state index in [1.165, 1.54) is 12.8 Å². The smallest absolute Gasteiger partial charge is 0.317 e. The van der Waals surface area contributed by atoms with Crippen molar-refractivity contribution in [1.29, 1.82) is 0 Å². The molecule has 114 valence electrons. The molecule has 2 N–H and O–H groups in total. The van der Waals surface area contributed by atoms with Crippen LogP contribution in [0.5, 0.6) is 0 Å². The van der Waals surface area contributed by atoms with Gasteiger partial charge < -0.3 is 15.3 Å². The van der Waals surface area contributed by atoms with Gasteiger partial charge in [0, 0.05) is 19.6 Å². The summed E-state index contributed by atoms with van der Waals surface area (Å²) in [6.45, 7) is 5.78. The highest BCUT2D eigenvalue weighted by molar-refractivity contribution is 5.78. The van der Waals surface area contributed by atoms with Crippen molar-refractivity contribution < 1.29 is 14.7 Å². The van der Waals surface area contributed by atoms with Crippen molar-refractivity contribution in [3.05, 3.63) is 0 Å². The van der Waals surface area contributed by atoms with Crippen molar-refractivity contribution in [2.45, 2.75) is 52.4 Å². The number of likely N-dealkylation sites (tertiary alicyclic amines) is 1. The zero-order chi connectivity index (χ0) is 14.8. The molecule has 0 bridgehead atoms. The van der Waals surface area contributed by atoms with Crippen molar-refractivity contribution in [2.75, 3.05) is 19.6 Å². The molecule has 1 saturated heterocycles. The number of carbonyl (C=O) groups excluding carboxylic acids is 1. The van der Waals surface area contributed by atoms with Gasteiger partial charge in [-0.3, -0.25) is 4.79 Å². The molecule has 1 saturated carbocycles. The number of aliphatic carboxylic acids is 1. The van der Waals surface area contributed by atoms with Gasteiger partial charge in [0.1, 0.15) is 0 Å². The van der Waals surface area contributed by atoms with Gasteiger partial charge in [0.05, 0.1) is 5.41 Å². The Labute approximate surface area is 120 Å². The number of hydrogen-bond donors (Lipinski definition) is 2. The minimum Gasteiger partial charge on any atom is -0.481 e. The molecule has 0 aromatic rings. The highest BCUT2D eigenvalue weighted by Crippen LogP contribution is 2.47. The number of piperidine rings is 1. The number of hydrogen-bond acceptors (Lipinski definition) is 2. The van der Waals surface area contributed by atoms with Gasteiger partial charge in [0.25, 0.3) is 0 Å². The Morgan fingerprint density at radius 3 is 2.40 bits per heavy atom. The fourth-order valence-electron chi connectivity index (χ4n) is 3.13. The van der Waals surface area contributed by atoms with Gasteiger partial charge in [-0.2, -0.15) is 0 Å². The number of nitrogens with zero attached hydrogens (tertiary/aromatic N) is 1. The summed E-state index contributed by atoms with van der Waals surface area (Å²) in [5.41, 5.74) is -0.433. The van der Waals surface area contributed by atoms with Crippen LogP contribution >= 0.6 is 0 Å². The van der Waals surface area contributed by atoms with Gasteiger partial charge in [-0.15, -0.1) is 0 Å². The normalized spacial score (nSPS) is 28.0. The van der Waals surface area contributed by atoms with Crippen molar-refractivity contribution in [2.24, 2.45) is 10.8 Å².